The molecule has 3 atom stereocenters. The van der Waals surface area contributed by atoms with Gasteiger partial charge in [-0.15, -0.1) is 0 Å². The zero-order valence-corrected chi connectivity index (χ0v) is 6.65. The topological polar surface area (TPSA) is 21.9 Å². The van der Waals surface area contributed by atoms with Crippen LogP contribution in [0.3, 0.4) is 0 Å². The molecule has 0 aliphatic carbocycles. The molecule has 9 heavy (non-hydrogen) atoms. The van der Waals surface area contributed by atoms with Gasteiger partial charge in [0.05, 0.1) is 0 Å². The molecule has 1 saturated heterocycles. The number of rotatable bonds is 3. The normalized spacial score (nSPS) is 36.3. The molecule has 0 amide bonds. The molecule has 0 aromatic carbocycles. The second-order valence-electron chi connectivity index (χ2n) is 3.09. The van der Waals surface area contributed by atoms with Crippen molar-refractivity contribution in [3.8, 4) is 0 Å². The fourth-order valence-corrected chi connectivity index (χ4v) is 1.38. The summed E-state index contributed by atoms with van der Waals surface area (Å²) in [7, 11) is 0. The Balaban J connectivity index is 2.17. The van der Waals surface area contributed by atoms with Crippen molar-refractivity contribution in [3.05, 3.63) is 0 Å². The largest absolute Gasteiger partial charge is 0.308 e. The van der Waals surface area contributed by atoms with E-state index in [9.17, 15) is 0 Å². The van der Waals surface area contributed by atoms with Gasteiger partial charge in [0, 0.05) is 12.1 Å². The molecule has 54 valence electrons. The minimum absolute atomic E-state index is 0.847. The third kappa shape index (κ3) is 1.45. The third-order valence-electron chi connectivity index (χ3n) is 2.43. The Bertz CT molecular complexity index is 90.6. The van der Waals surface area contributed by atoms with Crippen LogP contribution in [0.4, 0.5) is 0 Å². The van der Waals surface area contributed by atoms with Crippen LogP contribution in [0.5, 0.6) is 0 Å². The molecule has 0 aromatic heterocycles. The SMILES string of the molecule is CCC(C)C1NC1CC. The van der Waals surface area contributed by atoms with Crippen LogP contribution < -0.4 is 5.32 Å². The van der Waals surface area contributed by atoms with E-state index in [1.165, 1.54) is 12.8 Å². The molecular formula is C8H17N. The first kappa shape index (κ1) is 7.07. The van der Waals surface area contributed by atoms with Crippen LogP contribution >= 0.6 is 0 Å². The molecule has 1 nitrogen and oxygen atoms in total. The lowest BCUT2D eigenvalue weighted by Crippen LogP contribution is -2.05. The van der Waals surface area contributed by atoms with Crippen LogP contribution in [0, 0.1) is 5.92 Å². The molecule has 1 fully saturated rings. The summed E-state index contributed by atoms with van der Waals surface area (Å²) in [5, 5.41) is 3.47. The highest BCUT2D eigenvalue weighted by Gasteiger charge is 2.37. The van der Waals surface area contributed by atoms with Crippen LogP contribution in [0.15, 0.2) is 0 Å². The van der Waals surface area contributed by atoms with E-state index < -0.39 is 0 Å². The van der Waals surface area contributed by atoms with Crippen LogP contribution in [0.25, 0.3) is 0 Å². The Morgan fingerprint density at radius 2 is 2.11 bits per heavy atom. The highest BCUT2D eigenvalue weighted by Crippen LogP contribution is 2.24. The smallest absolute Gasteiger partial charge is 0.0249 e. The summed E-state index contributed by atoms with van der Waals surface area (Å²) in [4.78, 5) is 0. The second-order valence-corrected chi connectivity index (χ2v) is 3.09. The van der Waals surface area contributed by atoms with Gasteiger partial charge in [0.25, 0.3) is 0 Å². The molecule has 1 heteroatoms. The zero-order chi connectivity index (χ0) is 6.85. The highest BCUT2D eigenvalue weighted by molar-refractivity contribution is 4.99. The molecule has 0 aromatic rings. The first-order valence-corrected chi connectivity index (χ1v) is 4.05. The molecule has 1 aliphatic rings. The van der Waals surface area contributed by atoms with Gasteiger partial charge in [-0.3, -0.25) is 0 Å². The fraction of sp³-hybridized carbons (Fsp3) is 1.00. The lowest BCUT2D eigenvalue weighted by Gasteiger charge is -2.02. The van der Waals surface area contributed by atoms with E-state index in [0.717, 1.165) is 18.0 Å². The van der Waals surface area contributed by atoms with Crippen molar-refractivity contribution in [2.45, 2.75) is 45.7 Å². The number of nitrogens with one attached hydrogen (secondary N) is 1. The van der Waals surface area contributed by atoms with E-state index in [0.29, 0.717) is 0 Å². The Morgan fingerprint density at radius 3 is 2.44 bits per heavy atom. The van der Waals surface area contributed by atoms with Gasteiger partial charge < -0.3 is 5.32 Å². The molecule has 1 aliphatic heterocycles. The minimum atomic E-state index is 0.847. The van der Waals surface area contributed by atoms with E-state index >= 15 is 0 Å². The molecule has 1 N–H and O–H groups in total. The van der Waals surface area contributed by atoms with E-state index in [1.807, 2.05) is 0 Å². The standard InChI is InChI=1S/C8H17N/c1-4-6(3)8-7(5-2)9-8/h6-9H,4-5H2,1-3H3. The van der Waals surface area contributed by atoms with Crippen molar-refractivity contribution >= 4 is 0 Å². The molecule has 0 saturated carbocycles. The molecule has 1 rings (SSSR count). The minimum Gasteiger partial charge on any atom is -0.308 e. The predicted molar refractivity (Wildman–Crippen MR) is 40.5 cm³/mol. The summed E-state index contributed by atoms with van der Waals surface area (Å²) in [5.74, 6) is 0.884. The van der Waals surface area contributed by atoms with Gasteiger partial charge in [0.2, 0.25) is 0 Å². The second kappa shape index (κ2) is 2.70. The summed E-state index contributed by atoms with van der Waals surface area (Å²) in [5.41, 5.74) is 0. The maximum atomic E-state index is 3.47. The average molecular weight is 127 g/mol. The maximum Gasteiger partial charge on any atom is 0.0249 e. The lowest BCUT2D eigenvalue weighted by atomic mass is 10.0. The monoisotopic (exact) mass is 127 g/mol. The van der Waals surface area contributed by atoms with Gasteiger partial charge in [-0.25, -0.2) is 0 Å². The maximum absolute atomic E-state index is 3.47. The summed E-state index contributed by atoms with van der Waals surface area (Å²) >= 11 is 0. The van der Waals surface area contributed by atoms with Crippen molar-refractivity contribution < 1.29 is 0 Å². The van der Waals surface area contributed by atoms with Crippen LogP contribution in [-0.4, -0.2) is 12.1 Å². The molecule has 3 unspecified atom stereocenters. The third-order valence-corrected chi connectivity index (χ3v) is 2.43. The lowest BCUT2D eigenvalue weighted by molar-refractivity contribution is 0.536. The van der Waals surface area contributed by atoms with Crippen LogP contribution in [-0.2, 0) is 0 Å². The summed E-state index contributed by atoms with van der Waals surface area (Å²) in [6.07, 6.45) is 2.61. The van der Waals surface area contributed by atoms with Crippen molar-refractivity contribution in [3.63, 3.8) is 0 Å². The first-order valence-electron chi connectivity index (χ1n) is 4.05. The average Bonchev–Trinajstić information content (AvgIpc) is 2.64. The van der Waals surface area contributed by atoms with Crippen molar-refractivity contribution in [2.75, 3.05) is 0 Å². The highest BCUT2D eigenvalue weighted by atomic mass is 15.1. The van der Waals surface area contributed by atoms with E-state index in [4.69, 9.17) is 0 Å². The summed E-state index contributed by atoms with van der Waals surface area (Å²) < 4.78 is 0. The summed E-state index contributed by atoms with van der Waals surface area (Å²) in [6, 6.07) is 1.69. The van der Waals surface area contributed by atoms with Crippen LogP contribution in [0.2, 0.25) is 0 Å². The summed E-state index contributed by atoms with van der Waals surface area (Å²) in [6.45, 7) is 6.84. The molecule has 0 radical (unpaired) electrons. The van der Waals surface area contributed by atoms with Gasteiger partial charge in [-0.1, -0.05) is 27.2 Å². The number of hydrogen-bond donors (Lipinski definition) is 1. The molecule has 1 heterocycles. The predicted octanol–water partition coefficient (Wildman–Crippen LogP) is 1.78. The van der Waals surface area contributed by atoms with Crippen molar-refractivity contribution in [2.24, 2.45) is 5.92 Å². The van der Waals surface area contributed by atoms with Gasteiger partial charge in [-0.2, -0.15) is 0 Å². The van der Waals surface area contributed by atoms with Gasteiger partial charge in [0.1, 0.15) is 0 Å². The fourth-order valence-electron chi connectivity index (χ4n) is 1.38. The van der Waals surface area contributed by atoms with E-state index in [1.54, 1.807) is 0 Å². The Morgan fingerprint density at radius 1 is 1.44 bits per heavy atom. The quantitative estimate of drug-likeness (QED) is 0.573. The van der Waals surface area contributed by atoms with Gasteiger partial charge in [-0.05, 0) is 12.3 Å². The molecular weight excluding hydrogens is 110 g/mol. The molecule has 0 spiro atoms. The van der Waals surface area contributed by atoms with Crippen molar-refractivity contribution in [1.29, 1.82) is 0 Å². The zero-order valence-electron chi connectivity index (χ0n) is 6.65. The van der Waals surface area contributed by atoms with Crippen LogP contribution in [0.1, 0.15) is 33.6 Å². The van der Waals surface area contributed by atoms with Gasteiger partial charge >= 0.3 is 0 Å². The number of hydrogen-bond acceptors (Lipinski definition) is 1. The Labute approximate surface area is 57.8 Å². The Hall–Kier alpha value is -0.0400. The Kier molecular flexibility index (Phi) is 2.12. The van der Waals surface area contributed by atoms with E-state index in [2.05, 4.69) is 26.1 Å². The molecule has 0 bridgehead atoms. The first-order chi connectivity index (χ1) is 4.29. The van der Waals surface area contributed by atoms with E-state index in [-0.39, 0.29) is 0 Å². The van der Waals surface area contributed by atoms with Gasteiger partial charge in [0.15, 0.2) is 0 Å². The van der Waals surface area contributed by atoms with Crippen molar-refractivity contribution in [1.82, 2.24) is 5.32 Å².